The average molecular weight is 240 g/mol. The van der Waals surface area contributed by atoms with E-state index in [-0.39, 0.29) is 5.41 Å². The molecule has 3 rings (SSSR count). The summed E-state index contributed by atoms with van der Waals surface area (Å²) in [6.45, 7) is 8.90. The second-order valence-electron chi connectivity index (χ2n) is 6.24. The lowest BCUT2D eigenvalue weighted by Crippen LogP contribution is -2.16. The molecule has 0 atom stereocenters. The van der Waals surface area contributed by atoms with Gasteiger partial charge in [-0.2, -0.15) is 0 Å². The molecule has 0 saturated carbocycles. The first-order valence-electron chi connectivity index (χ1n) is 6.63. The molecule has 2 heteroatoms. The highest BCUT2D eigenvalue weighted by Gasteiger charge is 2.21. The lowest BCUT2D eigenvalue weighted by Gasteiger charge is -2.24. The van der Waals surface area contributed by atoms with E-state index in [0.29, 0.717) is 0 Å². The van der Waals surface area contributed by atoms with Gasteiger partial charge >= 0.3 is 0 Å². The predicted octanol–water partition coefficient (Wildman–Crippen LogP) is 3.58. The van der Waals surface area contributed by atoms with E-state index in [1.165, 1.54) is 28.2 Å². The Kier molecular flexibility index (Phi) is 2.37. The van der Waals surface area contributed by atoms with Crippen molar-refractivity contribution in [2.24, 2.45) is 0 Å². The van der Waals surface area contributed by atoms with Crippen LogP contribution in [0, 0.1) is 6.92 Å². The molecule has 0 spiro atoms. The zero-order chi connectivity index (χ0) is 12.9. The van der Waals surface area contributed by atoms with Gasteiger partial charge in [-0.1, -0.05) is 32.9 Å². The standard InChI is InChI=1S/C16H20N2/c1-11-14-7-5-12-9-13(16(2,3)4)6-8-15(12)18(14)10-17-11/h6,8-10H,5,7H2,1-4H3. The van der Waals surface area contributed by atoms with Crippen molar-refractivity contribution in [3.05, 3.63) is 47.0 Å². The number of hydrogen-bond donors (Lipinski definition) is 0. The Morgan fingerprint density at radius 3 is 2.67 bits per heavy atom. The molecule has 0 bridgehead atoms. The van der Waals surface area contributed by atoms with Crippen LogP contribution in [0.4, 0.5) is 0 Å². The fourth-order valence-electron chi connectivity index (χ4n) is 2.71. The highest BCUT2D eigenvalue weighted by Crippen LogP contribution is 2.30. The molecule has 0 N–H and O–H groups in total. The van der Waals surface area contributed by atoms with E-state index in [0.717, 1.165) is 12.8 Å². The second kappa shape index (κ2) is 3.71. The van der Waals surface area contributed by atoms with Crippen LogP contribution in [-0.4, -0.2) is 9.55 Å². The highest BCUT2D eigenvalue weighted by atomic mass is 15.1. The largest absolute Gasteiger partial charge is 0.303 e. The van der Waals surface area contributed by atoms with Gasteiger partial charge in [-0.3, -0.25) is 0 Å². The molecule has 1 aliphatic heterocycles. The summed E-state index contributed by atoms with van der Waals surface area (Å²) in [7, 11) is 0. The van der Waals surface area contributed by atoms with Crippen molar-refractivity contribution in [1.82, 2.24) is 9.55 Å². The van der Waals surface area contributed by atoms with Crippen LogP contribution in [0.1, 0.15) is 43.3 Å². The fourth-order valence-corrected chi connectivity index (χ4v) is 2.71. The van der Waals surface area contributed by atoms with Gasteiger partial charge < -0.3 is 4.57 Å². The van der Waals surface area contributed by atoms with Crippen LogP contribution in [0.5, 0.6) is 0 Å². The average Bonchev–Trinajstić information content (AvgIpc) is 2.69. The molecule has 2 nitrogen and oxygen atoms in total. The molecule has 2 aromatic rings. The van der Waals surface area contributed by atoms with Crippen molar-refractivity contribution >= 4 is 0 Å². The van der Waals surface area contributed by atoms with Crippen LogP contribution < -0.4 is 0 Å². The Balaban J connectivity index is 2.14. The molecular formula is C16H20N2. The van der Waals surface area contributed by atoms with Crippen molar-refractivity contribution in [2.45, 2.75) is 46.0 Å². The normalized spacial score (nSPS) is 14.2. The summed E-state index contributed by atoms with van der Waals surface area (Å²) in [4.78, 5) is 4.43. The molecule has 0 aliphatic carbocycles. The van der Waals surface area contributed by atoms with Crippen LogP contribution >= 0.6 is 0 Å². The third kappa shape index (κ3) is 1.67. The number of nitrogens with zero attached hydrogens (tertiary/aromatic N) is 2. The number of fused-ring (bicyclic) bond motifs is 3. The summed E-state index contributed by atoms with van der Waals surface area (Å²) in [5.41, 5.74) is 6.94. The maximum absolute atomic E-state index is 4.43. The van der Waals surface area contributed by atoms with Gasteiger partial charge in [-0.05, 0) is 42.4 Å². The highest BCUT2D eigenvalue weighted by molar-refractivity contribution is 5.49. The van der Waals surface area contributed by atoms with Crippen LogP contribution in [-0.2, 0) is 18.3 Å². The number of aryl methyl sites for hydroxylation is 2. The third-order valence-corrected chi connectivity index (χ3v) is 3.91. The molecule has 1 aliphatic rings. The minimum atomic E-state index is 0.222. The van der Waals surface area contributed by atoms with E-state index in [1.54, 1.807) is 0 Å². The van der Waals surface area contributed by atoms with E-state index in [1.807, 2.05) is 6.33 Å². The number of hydrogen-bond acceptors (Lipinski definition) is 1. The number of aromatic nitrogens is 2. The first-order valence-corrected chi connectivity index (χ1v) is 6.63. The molecule has 0 amide bonds. The molecule has 1 aromatic heterocycles. The minimum absolute atomic E-state index is 0.222. The fraction of sp³-hybridized carbons (Fsp3) is 0.438. The first-order chi connectivity index (χ1) is 8.47. The second-order valence-corrected chi connectivity index (χ2v) is 6.24. The van der Waals surface area contributed by atoms with E-state index in [2.05, 4.69) is 55.4 Å². The maximum atomic E-state index is 4.43. The van der Waals surface area contributed by atoms with Gasteiger partial charge in [0.15, 0.2) is 0 Å². The monoisotopic (exact) mass is 240 g/mol. The van der Waals surface area contributed by atoms with Crippen molar-refractivity contribution in [3.8, 4) is 5.69 Å². The van der Waals surface area contributed by atoms with Crippen LogP contribution in [0.15, 0.2) is 24.5 Å². The zero-order valence-electron chi connectivity index (χ0n) is 11.6. The first kappa shape index (κ1) is 11.5. The van der Waals surface area contributed by atoms with Gasteiger partial charge in [-0.25, -0.2) is 4.98 Å². The summed E-state index contributed by atoms with van der Waals surface area (Å²) < 4.78 is 2.25. The Morgan fingerprint density at radius 2 is 1.94 bits per heavy atom. The third-order valence-electron chi connectivity index (χ3n) is 3.91. The maximum Gasteiger partial charge on any atom is 0.0997 e. The van der Waals surface area contributed by atoms with E-state index < -0.39 is 0 Å². The zero-order valence-corrected chi connectivity index (χ0v) is 11.6. The van der Waals surface area contributed by atoms with Crippen molar-refractivity contribution < 1.29 is 0 Å². The Bertz CT molecular complexity index is 600. The number of benzene rings is 1. The smallest absolute Gasteiger partial charge is 0.0997 e. The summed E-state index contributed by atoms with van der Waals surface area (Å²) >= 11 is 0. The topological polar surface area (TPSA) is 17.8 Å². The summed E-state index contributed by atoms with van der Waals surface area (Å²) in [6, 6.07) is 6.87. The lowest BCUT2D eigenvalue weighted by atomic mass is 9.84. The predicted molar refractivity (Wildman–Crippen MR) is 74.4 cm³/mol. The van der Waals surface area contributed by atoms with Crippen LogP contribution in [0.3, 0.4) is 0 Å². The van der Waals surface area contributed by atoms with Gasteiger partial charge in [0.2, 0.25) is 0 Å². The molecule has 94 valence electrons. The van der Waals surface area contributed by atoms with Gasteiger partial charge in [0.25, 0.3) is 0 Å². The van der Waals surface area contributed by atoms with Gasteiger partial charge in [-0.15, -0.1) is 0 Å². The quantitative estimate of drug-likeness (QED) is 0.688. The van der Waals surface area contributed by atoms with E-state index in [9.17, 15) is 0 Å². The molecule has 0 saturated heterocycles. The Labute approximate surface area is 109 Å². The molecule has 0 radical (unpaired) electrons. The van der Waals surface area contributed by atoms with E-state index >= 15 is 0 Å². The van der Waals surface area contributed by atoms with Crippen LogP contribution in [0.2, 0.25) is 0 Å². The summed E-state index contributed by atoms with van der Waals surface area (Å²) in [5.74, 6) is 0. The van der Waals surface area contributed by atoms with Crippen molar-refractivity contribution in [2.75, 3.05) is 0 Å². The van der Waals surface area contributed by atoms with Crippen molar-refractivity contribution in [1.29, 1.82) is 0 Å². The van der Waals surface area contributed by atoms with Crippen molar-refractivity contribution in [3.63, 3.8) is 0 Å². The molecule has 0 fully saturated rings. The Morgan fingerprint density at radius 1 is 1.17 bits per heavy atom. The summed E-state index contributed by atoms with van der Waals surface area (Å²) in [5, 5.41) is 0. The molecule has 2 heterocycles. The van der Waals surface area contributed by atoms with Crippen LogP contribution in [0.25, 0.3) is 5.69 Å². The molecule has 0 unspecified atom stereocenters. The lowest BCUT2D eigenvalue weighted by molar-refractivity contribution is 0.588. The molecular weight excluding hydrogens is 220 g/mol. The number of imidazole rings is 1. The van der Waals surface area contributed by atoms with Gasteiger partial charge in [0.1, 0.15) is 0 Å². The SMILES string of the molecule is Cc1ncn2c1CCc1cc(C(C)(C)C)ccc1-2. The molecule has 1 aromatic carbocycles. The summed E-state index contributed by atoms with van der Waals surface area (Å²) in [6.07, 6.45) is 4.19. The number of rotatable bonds is 0. The van der Waals surface area contributed by atoms with E-state index in [4.69, 9.17) is 0 Å². The van der Waals surface area contributed by atoms with Gasteiger partial charge in [0, 0.05) is 11.4 Å². The minimum Gasteiger partial charge on any atom is -0.303 e. The Hall–Kier alpha value is -1.57. The molecule has 18 heavy (non-hydrogen) atoms. The van der Waals surface area contributed by atoms with Gasteiger partial charge in [0.05, 0.1) is 12.0 Å².